The van der Waals surface area contributed by atoms with Gasteiger partial charge in [-0.15, -0.1) is 0 Å². The van der Waals surface area contributed by atoms with Gasteiger partial charge < -0.3 is 10.0 Å². The zero-order valence-electron chi connectivity index (χ0n) is 14.1. The molecule has 0 unspecified atom stereocenters. The maximum Gasteiger partial charge on any atom is 0.157 e. The molecule has 0 aliphatic carbocycles. The molecule has 1 aliphatic heterocycles. The molecule has 0 spiro atoms. The maximum absolute atomic E-state index is 9.79. The van der Waals surface area contributed by atoms with Crippen molar-refractivity contribution in [3.63, 3.8) is 0 Å². The summed E-state index contributed by atoms with van der Waals surface area (Å²) in [6.07, 6.45) is 7.04. The Balaban J connectivity index is 1.87. The van der Waals surface area contributed by atoms with Crippen molar-refractivity contribution in [2.75, 3.05) is 18.0 Å². The second kappa shape index (κ2) is 5.91. The van der Waals surface area contributed by atoms with Gasteiger partial charge in [0.1, 0.15) is 5.82 Å². The van der Waals surface area contributed by atoms with E-state index in [0.29, 0.717) is 0 Å². The molecule has 1 N–H and O–H groups in total. The Hall–Kier alpha value is -2.40. The summed E-state index contributed by atoms with van der Waals surface area (Å²) in [5.74, 6) is 1.05. The minimum atomic E-state index is -0.185. The van der Waals surface area contributed by atoms with E-state index < -0.39 is 0 Å². The normalized spacial score (nSPS) is 16.0. The minimum absolute atomic E-state index is 0.185. The third-order valence-corrected chi connectivity index (χ3v) is 4.86. The van der Waals surface area contributed by atoms with Crippen LogP contribution in [0.3, 0.4) is 0 Å². The van der Waals surface area contributed by atoms with E-state index in [2.05, 4.69) is 51.3 Å². The first-order valence-corrected chi connectivity index (χ1v) is 8.45. The van der Waals surface area contributed by atoms with Crippen molar-refractivity contribution < 1.29 is 5.11 Å². The van der Waals surface area contributed by atoms with Crippen LogP contribution in [0.1, 0.15) is 24.0 Å². The van der Waals surface area contributed by atoms with Crippen LogP contribution < -0.4 is 4.90 Å². The van der Waals surface area contributed by atoms with Gasteiger partial charge in [0.2, 0.25) is 0 Å². The molecule has 5 nitrogen and oxygen atoms in total. The number of hydrogen-bond acceptors (Lipinski definition) is 4. The Kier molecular flexibility index (Phi) is 3.73. The Morgan fingerprint density at radius 3 is 2.67 bits per heavy atom. The second-order valence-corrected chi connectivity index (χ2v) is 6.64. The van der Waals surface area contributed by atoms with E-state index in [9.17, 15) is 5.11 Å². The summed E-state index contributed by atoms with van der Waals surface area (Å²) in [4.78, 5) is 11.2. The summed E-state index contributed by atoms with van der Waals surface area (Å²) < 4.78 is 2.19. The van der Waals surface area contributed by atoms with E-state index in [1.54, 1.807) is 6.20 Å². The molecular formula is C19H22N4O. The SMILES string of the molecule is Cc1ccc(C)c(-c2cnc3cncc(N4CCC(O)CC4)n23)c1. The molecule has 2 aromatic heterocycles. The maximum atomic E-state index is 9.79. The number of hydrogen-bond donors (Lipinski definition) is 1. The number of piperidine rings is 1. The van der Waals surface area contributed by atoms with Gasteiger partial charge in [0, 0.05) is 18.7 Å². The standard InChI is InChI=1S/C19H22N4O/c1-13-3-4-14(2)16(9-13)17-10-21-18-11-20-12-19(23(17)18)22-7-5-15(24)6-8-22/h3-4,9-12,15,24H,5-8H2,1-2H3. The van der Waals surface area contributed by atoms with Crippen molar-refractivity contribution in [2.45, 2.75) is 32.8 Å². The van der Waals surface area contributed by atoms with E-state index >= 15 is 0 Å². The molecule has 5 heteroatoms. The molecule has 1 aliphatic rings. The van der Waals surface area contributed by atoms with Crippen molar-refractivity contribution in [1.29, 1.82) is 0 Å². The number of anilines is 1. The number of aryl methyl sites for hydroxylation is 2. The zero-order valence-corrected chi connectivity index (χ0v) is 14.1. The molecule has 24 heavy (non-hydrogen) atoms. The minimum Gasteiger partial charge on any atom is -0.393 e. The van der Waals surface area contributed by atoms with Gasteiger partial charge in [-0.1, -0.05) is 17.7 Å². The lowest BCUT2D eigenvalue weighted by Gasteiger charge is -2.31. The third-order valence-electron chi connectivity index (χ3n) is 4.86. The van der Waals surface area contributed by atoms with E-state index in [0.717, 1.165) is 43.1 Å². The lowest BCUT2D eigenvalue weighted by Crippen LogP contribution is -2.36. The van der Waals surface area contributed by atoms with Gasteiger partial charge in [-0.05, 0) is 38.3 Å². The van der Waals surface area contributed by atoms with Gasteiger partial charge in [-0.25, -0.2) is 4.98 Å². The van der Waals surface area contributed by atoms with Crippen molar-refractivity contribution in [3.05, 3.63) is 47.9 Å². The fourth-order valence-electron chi connectivity index (χ4n) is 3.45. The predicted octanol–water partition coefficient (Wildman–Crippen LogP) is 2.97. The summed E-state index contributed by atoms with van der Waals surface area (Å²) >= 11 is 0. The Labute approximate surface area is 141 Å². The first-order valence-electron chi connectivity index (χ1n) is 8.45. The fourth-order valence-corrected chi connectivity index (χ4v) is 3.45. The molecule has 3 aromatic rings. The van der Waals surface area contributed by atoms with Crippen molar-refractivity contribution in [3.8, 4) is 11.3 Å². The summed E-state index contributed by atoms with van der Waals surface area (Å²) in [7, 11) is 0. The van der Waals surface area contributed by atoms with Crippen LogP contribution in [0.4, 0.5) is 5.82 Å². The van der Waals surface area contributed by atoms with E-state index in [1.165, 1.54) is 16.7 Å². The van der Waals surface area contributed by atoms with Gasteiger partial charge in [-0.2, -0.15) is 0 Å². The lowest BCUT2D eigenvalue weighted by atomic mass is 10.0. The number of aromatic nitrogens is 3. The van der Waals surface area contributed by atoms with Crippen LogP contribution in [-0.2, 0) is 0 Å². The van der Waals surface area contributed by atoms with Crippen LogP contribution in [0.15, 0.2) is 36.8 Å². The number of aliphatic hydroxyl groups excluding tert-OH is 1. The molecule has 0 amide bonds. The van der Waals surface area contributed by atoms with Crippen molar-refractivity contribution in [1.82, 2.24) is 14.4 Å². The summed E-state index contributed by atoms with van der Waals surface area (Å²) in [5.41, 5.74) is 5.62. The highest BCUT2D eigenvalue weighted by Gasteiger charge is 2.21. The lowest BCUT2D eigenvalue weighted by molar-refractivity contribution is 0.145. The summed E-state index contributed by atoms with van der Waals surface area (Å²) in [6.45, 7) is 5.92. The Morgan fingerprint density at radius 2 is 1.88 bits per heavy atom. The molecule has 0 radical (unpaired) electrons. The quantitative estimate of drug-likeness (QED) is 0.788. The largest absolute Gasteiger partial charge is 0.393 e. The molecule has 0 atom stereocenters. The molecule has 0 saturated carbocycles. The highest BCUT2D eigenvalue weighted by molar-refractivity contribution is 5.70. The van der Waals surface area contributed by atoms with Crippen LogP contribution >= 0.6 is 0 Å². The van der Waals surface area contributed by atoms with Gasteiger partial charge >= 0.3 is 0 Å². The van der Waals surface area contributed by atoms with Crippen LogP contribution in [0.2, 0.25) is 0 Å². The van der Waals surface area contributed by atoms with Crippen LogP contribution in [0.5, 0.6) is 0 Å². The van der Waals surface area contributed by atoms with Gasteiger partial charge in [0.15, 0.2) is 5.65 Å². The smallest absolute Gasteiger partial charge is 0.157 e. The fraction of sp³-hybridized carbons (Fsp3) is 0.368. The first kappa shape index (κ1) is 15.1. The summed E-state index contributed by atoms with van der Waals surface area (Å²) in [5, 5.41) is 9.79. The molecular weight excluding hydrogens is 300 g/mol. The van der Waals surface area contributed by atoms with E-state index in [1.807, 2.05) is 12.4 Å². The topological polar surface area (TPSA) is 53.7 Å². The average molecular weight is 322 g/mol. The number of imidazole rings is 1. The monoisotopic (exact) mass is 322 g/mol. The number of benzene rings is 1. The highest BCUT2D eigenvalue weighted by atomic mass is 16.3. The summed E-state index contributed by atoms with van der Waals surface area (Å²) in [6, 6.07) is 6.50. The molecule has 1 saturated heterocycles. The van der Waals surface area contributed by atoms with Crippen molar-refractivity contribution >= 4 is 11.5 Å². The average Bonchev–Trinajstić information content (AvgIpc) is 3.02. The van der Waals surface area contributed by atoms with E-state index in [4.69, 9.17) is 0 Å². The molecule has 4 rings (SSSR count). The van der Waals surface area contributed by atoms with Crippen LogP contribution in [-0.4, -0.2) is 38.7 Å². The molecule has 0 bridgehead atoms. The predicted molar refractivity (Wildman–Crippen MR) is 95.4 cm³/mol. The molecule has 1 fully saturated rings. The van der Waals surface area contributed by atoms with Crippen molar-refractivity contribution in [2.24, 2.45) is 0 Å². The molecule has 3 heterocycles. The number of aliphatic hydroxyl groups is 1. The number of nitrogens with zero attached hydrogens (tertiary/aromatic N) is 4. The van der Waals surface area contributed by atoms with Gasteiger partial charge in [-0.3, -0.25) is 9.38 Å². The zero-order chi connectivity index (χ0) is 16.7. The second-order valence-electron chi connectivity index (χ2n) is 6.64. The Morgan fingerprint density at radius 1 is 1.08 bits per heavy atom. The molecule has 124 valence electrons. The number of rotatable bonds is 2. The van der Waals surface area contributed by atoms with Crippen LogP contribution in [0, 0.1) is 13.8 Å². The Bertz CT molecular complexity index is 878. The van der Waals surface area contributed by atoms with E-state index in [-0.39, 0.29) is 6.10 Å². The van der Waals surface area contributed by atoms with Crippen LogP contribution in [0.25, 0.3) is 16.9 Å². The van der Waals surface area contributed by atoms with Gasteiger partial charge in [0.25, 0.3) is 0 Å². The highest BCUT2D eigenvalue weighted by Crippen LogP contribution is 2.30. The molecule has 1 aromatic carbocycles. The number of fused-ring (bicyclic) bond motifs is 1. The third kappa shape index (κ3) is 2.55. The van der Waals surface area contributed by atoms with Gasteiger partial charge in [0.05, 0.1) is 30.4 Å². The first-order chi connectivity index (χ1) is 11.6.